The zero-order valence-electron chi connectivity index (χ0n) is 18.4. The number of carbonyl (C=O) groups excluding carboxylic acids is 1. The molecule has 0 bridgehead atoms. The van der Waals surface area contributed by atoms with Crippen molar-refractivity contribution < 1.29 is 18.3 Å². The van der Waals surface area contributed by atoms with Crippen LogP contribution in [0.15, 0.2) is 54.1 Å². The molecule has 0 saturated heterocycles. The molecular formula is C23H28N4O4S. The maximum Gasteiger partial charge on any atom is 0.241 e. The number of hydrogen-bond acceptors (Lipinski definition) is 6. The number of Topliss-reactive ketones (excluding diaryl/α,β-unsaturated/α-hetero) is 1. The number of fused-ring (bicyclic) bond motifs is 1. The lowest BCUT2D eigenvalue weighted by molar-refractivity contribution is -0.127. The number of aliphatic hydroxyl groups excluding tert-OH is 1. The quantitative estimate of drug-likeness (QED) is 0.403. The van der Waals surface area contributed by atoms with Gasteiger partial charge >= 0.3 is 0 Å². The summed E-state index contributed by atoms with van der Waals surface area (Å²) in [5.74, 6) is 0.225. The SMILES string of the molecule is C=CC(O)C(=O)[C@H](CC(C)C)NS(=O)(=O)c1ccc(Cc2nccc3[nH]c(C)nc23)cc1. The number of aromatic nitrogens is 3. The molecule has 2 aromatic heterocycles. The van der Waals surface area contributed by atoms with Gasteiger partial charge < -0.3 is 10.1 Å². The van der Waals surface area contributed by atoms with Crippen molar-refractivity contribution in [3.05, 3.63) is 66.3 Å². The summed E-state index contributed by atoms with van der Waals surface area (Å²) < 4.78 is 28.2. The van der Waals surface area contributed by atoms with Crippen LogP contribution in [0.4, 0.5) is 0 Å². The van der Waals surface area contributed by atoms with Crippen LogP contribution in [0.1, 0.15) is 37.4 Å². The van der Waals surface area contributed by atoms with Crippen LogP contribution in [0.25, 0.3) is 11.0 Å². The maximum absolute atomic E-state index is 12.9. The first kappa shape index (κ1) is 23.8. The number of rotatable bonds is 10. The molecule has 0 aliphatic carbocycles. The minimum absolute atomic E-state index is 0.0395. The van der Waals surface area contributed by atoms with Crippen LogP contribution in [-0.4, -0.2) is 46.4 Å². The number of benzene rings is 1. The molecule has 2 heterocycles. The molecule has 0 aliphatic rings. The zero-order valence-corrected chi connectivity index (χ0v) is 19.2. The first-order valence-corrected chi connectivity index (χ1v) is 11.8. The molecule has 3 aromatic rings. The van der Waals surface area contributed by atoms with Gasteiger partial charge in [-0.1, -0.05) is 32.1 Å². The van der Waals surface area contributed by atoms with Crippen molar-refractivity contribution in [1.82, 2.24) is 19.7 Å². The summed E-state index contributed by atoms with van der Waals surface area (Å²) in [6.07, 6.45) is 2.13. The molecule has 1 unspecified atom stereocenters. The van der Waals surface area contributed by atoms with Crippen molar-refractivity contribution in [2.45, 2.75) is 50.7 Å². The number of nitrogens with one attached hydrogen (secondary N) is 2. The van der Waals surface area contributed by atoms with Crippen molar-refractivity contribution in [2.24, 2.45) is 5.92 Å². The fourth-order valence-electron chi connectivity index (χ4n) is 3.49. The lowest BCUT2D eigenvalue weighted by Gasteiger charge is -2.21. The van der Waals surface area contributed by atoms with Gasteiger partial charge in [-0.2, -0.15) is 0 Å². The minimum Gasteiger partial charge on any atom is -0.381 e. The Morgan fingerprint density at radius 2 is 1.94 bits per heavy atom. The molecule has 170 valence electrons. The van der Waals surface area contributed by atoms with Gasteiger partial charge in [-0.25, -0.2) is 18.1 Å². The average molecular weight is 457 g/mol. The topological polar surface area (TPSA) is 125 Å². The highest BCUT2D eigenvalue weighted by Crippen LogP contribution is 2.19. The molecule has 0 fully saturated rings. The van der Waals surface area contributed by atoms with E-state index in [9.17, 15) is 18.3 Å². The van der Waals surface area contributed by atoms with E-state index in [0.717, 1.165) is 34.2 Å². The summed E-state index contributed by atoms with van der Waals surface area (Å²) in [6.45, 7) is 9.03. The number of ketones is 1. The van der Waals surface area contributed by atoms with Gasteiger partial charge in [-0.15, -0.1) is 6.58 Å². The molecule has 0 saturated carbocycles. The number of carbonyl (C=O) groups is 1. The molecule has 0 amide bonds. The van der Waals surface area contributed by atoms with Crippen LogP contribution in [0.3, 0.4) is 0 Å². The first-order valence-electron chi connectivity index (χ1n) is 10.4. The number of aliphatic hydroxyl groups is 1. The van der Waals surface area contributed by atoms with Gasteiger partial charge in [0, 0.05) is 12.6 Å². The molecule has 8 nitrogen and oxygen atoms in total. The number of pyridine rings is 1. The van der Waals surface area contributed by atoms with Gasteiger partial charge in [-0.3, -0.25) is 9.78 Å². The van der Waals surface area contributed by atoms with Crippen LogP contribution in [0, 0.1) is 12.8 Å². The molecule has 2 atom stereocenters. The summed E-state index contributed by atoms with van der Waals surface area (Å²) in [5.41, 5.74) is 3.36. The highest BCUT2D eigenvalue weighted by Gasteiger charge is 2.29. The second kappa shape index (κ2) is 9.72. The smallest absolute Gasteiger partial charge is 0.241 e. The van der Waals surface area contributed by atoms with Gasteiger partial charge in [0.15, 0.2) is 5.78 Å². The van der Waals surface area contributed by atoms with Crippen LogP contribution in [0.5, 0.6) is 0 Å². The summed E-state index contributed by atoms with van der Waals surface area (Å²) >= 11 is 0. The second-order valence-electron chi connectivity index (χ2n) is 8.18. The second-order valence-corrected chi connectivity index (χ2v) is 9.90. The molecule has 32 heavy (non-hydrogen) atoms. The van der Waals surface area contributed by atoms with E-state index in [4.69, 9.17) is 0 Å². The molecule has 3 N–H and O–H groups in total. The lowest BCUT2D eigenvalue weighted by Crippen LogP contribution is -2.45. The Bertz CT molecular complexity index is 1220. The minimum atomic E-state index is -3.96. The van der Waals surface area contributed by atoms with Crippen molar-refractivity contribution in [3.8, 4) is 0 Å². The third kappa shape index (κ3) is 5.48. The van der Waals surface area contributed by atoms with Crippen molar-refractivity contribution in [3.63, 3.8) is 0 Å². The predicted molar refractivity (Wildman–Crippen MR) is 123 cm³/mol. The highest BCUT2D eigenvalue weighted by molar-refractivity contribution is 7.89. The molecule has 9 heteroatoms. The standard InChI is InChI=1S/C23H28N4O4S/c1-5-21(28)23(29)20(12-14(2)3)27-32(30,31)17-8-6-16(7-9-17)13-19-22-18(10-11-24-19)25-15(4)26-22/h5-11,14,20-21,27-28H,1,12-13H2,2-4H3,(H,25,26)/t20-,21?/m0/s1. The number of aromatic amines is 1. The van der Waals surface area contributed by atoms with Crippen LogP contribution in [-0.2, 0) is 21.2 Å². The van der Waals surface area contributed by atoms with Crippen molar-refractivity contribution in [2.75, 3.05) is 0 Å². The summed E-state index contributed by atoms with van der Waals surface area (Å²) in [4.78, 5) is 24.5. The third-order valence-electron chi connectivity index (χ3n) is 5.06. The average Bonchev–Trinajstić information content (AvgIpc) is 3.13. The van der Waals surface area contributed by atoms with E-state index < -0.39 is 28.0 Å². The fourth-order valence-corrected chi connectivity index (χ4v) is 4.71. The third-order valence-corrected chi connectivity index (χ3v) is 6.55. The summed E-state index contributed by atoms with van der Waals surface area (Å²) in [5, 5.41) is 9.81. The molecular weight excluding hydrogens is 428 g/mol. The van der Waals surface area contributed by atoms with E-state index in [2.05, 4.69) is 26.3 Å². The van der Waals surface area contributed by atoms with Crippen LogP contribution in [0.2, 0.25) is 0 Å². The Labute approximate surface area is 187 Å². The molecule has 3 rings (SSSR count). The van der Waals surface area contributed by atoms with E-state index in [1.54, 1.807) is 18.3 Å². The van der Waals surface area contributed by atoms with Crippen molar-refractivity contribution >= 4 is 26.8 Å². The van der Waals surface area contributed by atoms with Gasteiger partial charge in [-0.05, 0) is 43.0 Å². The summed E-state index contributed by atoms with van der Waals surface area (Å²) in [6, 6.07) is 7.23. The Balaban J connectivity index is 1.80. The van der Waals surface area contributed by atoms with Crippen LogP contribution >= 0.6 is 0 Å². The monoisotopic (exact) mass is 456 g/mol. The van der Waals surface area contributed by atoms with E-state index in [-0.39, 0.29) is 17.2 Å². The zero-order chi connectivity index (χ0) is 23.5. The Morgan fingerprint density at radius 3 is 2.56 bits per heavy atom. The van der Waals surface area contributed by atoms with Gasteiger partial charge in [0.05, 0.1) is 22.1 Å². The fraction of sp³-hybridized carbons (Fsp3) is 0.348. The van der Waals surface area contributed by atoms with Crippen molar-refractivity contribution in [1.29, 1.82) is 0 Å². The Morgan fingerprint density at radius 1 is 1.25 bits per heavy atom. The van der Waals surface area contributed by atoms with E-state index in [1.807, 2.05) is 26.8 Å². The normalized spacial score (nSPS) is 13.9. The number of hydrogen-bond donors (Lipinski definition) is 3. The molecule has 0 aliphatic heterocycles. The number of H-pyrrole nitrogens is 1. The molecule has 0 spiro atoms. The Kier molecular flexibility index (Phi) is 7.22. The largest absolute Gasteiger partial charge is 0.381 e. The number of aryl methyl sites for hydroxylation is 1. The molecule has 0 radical (unpaired) electrons. The molecule has 1 aromatic carbocycles. The number of imidazole rings is 1. The van der Waals surface area contributed by atoms with E-state index in [1.165, 1.54) is 12.1 Å². The highest BCUT2D eigenvalue weighted by atomic mass is 32.2. The maximum atomic E-state index is 12.9. The number of nitrogens with zero attached hydrogens (tertiary/aromatic N) is 2. The Hall–Kier alpha value is -2.88. The van der Waals surface area contributed by atoms with Gasteiger partial charge in [0.2, 0.25) is 10.0 Å². The van der Waals surface area contributed by atoms with Gasteiger partial charge in [0.1, 0.15) is 17.4 Å². The lowest BCUT2D eigenvalue weighted by atomic mass is 9.98. The van der Waals surface area contributed by atoms with E-state index >= 15 is 0 Å². The predicted octanol–water partition coefficient (Wildman–Crippen LogP) is 2.67. The summed E-state index contributed by atoms with van der Waals surface area (Å²) in [7, 11) is -3.96. The van der Waals surface area contributed by atoms with Gasteiger partial charge in [0.25, 0.3) is 0 Å². The first-order chi connectivity index (χ1) is 15.1. The van der Waals surface area contributed by atoms with Crippen LogP contribution < -0.4 is 4.72 Å². The van der Waals surface area contributed by atoms with E-state index in [0.29, 0.717) is 6.42 Å². The number of sulfonamides is 1.